The first-order valence-corrected chi connectivity index (χ1v) is 14.5. The van der Waals surface area contributed by atoms with Gasteiger partial charge in [0.15, 0.2) is 0 Å². The summed E-state index contributed by atoms with van der Waals surface area (Å²) >= 11 is 0. The van der Waals surface area contributed by atoms with Crippen LogP contribution >= 0.6 is 0 Å². The molecule has 10 heteroatoms. The minimum atomic E-state index is -0.993. The van der Waals surface area contributed by atoms with Crippen LogP contribution in [0.2, 0.25) is 0 Å². The summed E-state index contributed by atoms with van der Waals surface area (Å²) in [6, 6.07) is 11.1. The number of carboxylic acids is 1. The molecule has 2 fully saturated rings. The van der Waals surface area contributed by atoms with E-state index < -0.39 is 11.6 Å². The lowest BCUT2D eigenvalue weighted by molar-refractivity contribution is -0.0252. The SMILES string of the molecule is COc1ncccc1CCOc1cccc2[nH]c(C(=O)O)cc12.C[C@H]1CN(CCC2(O)CCC(N)CC2)CC[C@@H]1O. The van der Waals surface area contributed by atoms with E-state index in [4.69, 9.17) is 20.3 Å². The lowest BCUT2D eigenvalue weighted by Gasteiger charge is -2.39. The Kier molecular flexibility index (Phi) is 10.6. The highest BCUT2D eigenvalue weighted by molar-refractivity contribution is 5.96. The van der Waals surface area contributed by atoms with E-state index in [0.29, 0.717) is 30.6 Å². The Morgan fingerprint density at radius 2 is 2.00 bits per heavy atom. The van der Waals surface area contributed by atoms with Gasteiger partial charge in [-0.15, -0.1) is 0 Å². The van der Waals surface area contributed by atoms with Crippen LogP contribution in [0, 0.1) is 5.92 Å². The molecule has 1 aliphatic carbocycles. The monoisotopic (exact) mass is 568 g/mol. The molecule has 0 amide bonds. The number of aromatic carboxylic acids is 1. The number of H-pyrrole nitrogens is 1. The second kappa shape index (κ2) is 14.1. The highest BCUT2D eigenvalue weighted by Crippen LogP contribution is 2.31. The molecule has 10 nitrogen and oxygen atoms in total. The van der Waals surface area contributed by atoms with Crippen molar-refractivity contribution in [2.45, 2.75) is 69.6 Å². The maximum absolute atomic E-state index is 11.1. The van der Waals surface area contributed by atoms with Gasteiger partial charge in [-0.3, -0.25) is 0 Å². The van der Waals surface area contributed by atoms with Gasteiger partial charge in [0.1, 0.15) is 11.4 Å². The van der Waals surface area contributed by atoms with E-state index in [9.17, 15) is 15.0 Å². The summed E-state index contributed by atoms with van der Waals surface area (Å²) < 4.78 is 11.0. The minimum Gasteiger partial charge on any atom is -0.493 e. The average molecular weight is 569 g/mol. The molecule has 41 heavy (non-hydrogen) atoms. The minimum absolute atomic E-state index is 0.142. The quantitative estimate of drug-likeness (QED) is 0.260. The van der Waals surface area contributed by atoms with Gasteiger partial charge in [0.25, 0.3) is 0 Å². The molecular formula is C31H44N4O6. The topological polar surface area (TPSA) is 154 Å². The fourth-order valence-corrected chi connectivity index (χ4v) is 5.65. The number of piperidine rings is 1. The van der Waals surface area contributed by atoms with Crippen molar-refractivity contribution in [1.82, 2.24) is 14.9 Å². The van der Waals surface area contributed by atoms with Crippen molar-refractivity contribution in [3.05, 3.63) is 53.9 Å². The van der Waals surface area contributed by atoms with Crippen LogP contribution in [0.4, 0.5) is 0 Å². The number of pyridine rings is 1. The standard InChI is InChI=1S/C17H16N2O4.C14H28N2O2/c1-22-16-11(4-3-8-18-16)7-9-23-15-6-2-5-13-12(15)10-14(19-13)17(20)21;1-11-10-16(8-4-13(11)17)9-7-14(18)5-2-12(15)3-6-14/h2-6,8,10,19H,7,9H2,1H3,(H,20,21);11-13,17-18H,2-10,15H2,1H3/t;11-,12?,13-,14?/m.0/s1. The third-order valence-corrected chi connectivity index (χ3v) is 8.33. The molecule has 6 N–H and O–H groups in total. The van der Waals surface area contributed by atoms with Gasteiger partial charge in [-0.2, -0.15) is 0 Å². The normalized spacial score (nSPS) is 24.9. The number of hydrogen-bond donors (Lipinski definition) is 5. The summed E-state index contributed by atoms with van der Waals surface area (Å²) in [5.41, 5.74) is 7.23. The van der Waals surface area contributed by atoms with Crippen LogP contribution in [-0.4, -0.2) is 87.3 Å². The molecule has 0 spiro atoms. The molecule has 3 aromatic rings. The number of aromatic nitrogens is 2. The van der Waals surface area contributed by atoms with Gasteiger partial charge in [0.05, 0.1) is 25.4 Å². The van der Waals surface area contributed by atoms with Crippen LogP contribution in [0.15, 0.2) is 42.6 Å². The molecule has 3 heterocycles. The fraction of sp³-hybridized carbons (Fsp3) is 0.548. The van der Waals surface area contributed by atoms with Crippen LogP contribution in [0.5, 0.6) is 11.6 Å². The Balaban J connectivity index is 0.000000195. The number of carboxylic acid groups (broad SMARTS) is 1. The van der Waals surface area contributed by atoms with Gasteiger partial charge in [0.2, 0.25) is 5.88 Å². The lowest BCUT2D eigenvalue weighted by Crippen LogP contribution is -2.45. The molecule has 0 radical (unpaired) electrons. The first-order chi connectivity index (χ1) is 19.7. The predicted molar refractivity (Wildman–Crippen MR) is 157 cm³/mol. The number of benzene rings is 1. The molecule has 1 saturated carbocycles. The van der Waals surface area contributed by atoms with Crippen molar-refractivity contribution < 1.29 is 29.6 Å². The molecule has 1 aliphatic heterocycles. The van der Waals surface area contributed by atoms with Gasteiger partial charge in [-0.05, 0) is 68.7 Å². The number of aliphatic hydroxyl groups excluding tert-OH is 1. The Morgan fingerprint density at radius 3 is 2.71 bits per heavy atom. The maximum Gasteiger partial charge on any atom is 0.352 e. The third kappa shape index (κ3) is 8.42. The first-order valence-electron chi connectivity index (χ1n) is 14.5. The molecule has 1 saturated heterocycles. The van der Waals surface area contributed by atoms with E-state index in [1.807, 2.05) is 30.3 Å². The Bertz CT molecular complexity index is 1270. The number of methoxy groups -OCH3 is 1. The molecular weight excluding hydrogens is 524 g/mol. The number of nitrogens with zero attached hydrogens (tertiary/aromatic N) is 2. The summed E-state index contributed by atoms with van der Waals surface area (Å²) in [6.45, 7) is 5.40. The number of carbonyl (C=O) groups is 1. The number of hydrogen-bond acceptors (Lipinski definition) is 8. The van der Waals surface area contributed by atoms with E-state index in [2.05, 4.69) is 21.8 Å². The van der Waals surface area contributed by atoms with E-state index in [1.54, 1.807) is 19.4 Å². The largest absolute Gasteiger partial charge is 0.493 e. The van der Waals surface area contributed by atoms with Crippen molar-refractivity contribution in [2.75, 3.05) is 33.4 Å². The molecule has 2 aliphatic rings. The first kappa shape index (κ1) is 30.8. The summed E-state index contributed by atoms with van der Waals surface area (Å²) in [7, 11) is 1.58. The number of fused-ring (bicyclic) bond motifs is 1. The number of aliphatic hydroxyl groups is 2. The van der Waals surface area contributed by atoms with Crippen LogP contribution in [-0.2, 0) is 6.42 Å². The van der Waals surface area contributed by atoms with Crippen LogP contribution < -0.4 is 15.2 Å². The van der Waals surface area contributed by atoms with E-state index >= 15 is 0 Å². The van der Waals surface area contributed by atoms with Gasteiger partial charge < -0.3 is 40.4 Å². The molecule has 2 aromatic heterocycles. The van der Waals surface area contributed by atoms with E-state index in [0.717, 1.165) is 74.6 Å². The zero-order valence-electron chi connectivity index (χ0n) is 24.1. The van der Waals surface area contributed by atoms with Crippen molar-refractivity contribution in [3.63, 3.8) is 0 Å². The Labute approximate surface area is 241 Å². The zero-order chi connectivity index (χ0) is 29.4. The number of aromatic amines is 1. The fourth-order valence-electron chi connectivity index (χ4n) is 5.65. The number of ether oxygens (including phenoxy) is 2. The lowest BCUT2D eigenvalue weighted by atomic mass is 9.80. The maximum atomic E-state index is 11.1. The van der Waals surface area contributed by atoms with Gasteiger partial charge in [-0.25, -0.2) is 9.78 Å². The number of nitrogens with two attached hydrogens (primary N) is 1. The van der Waals surface area contributed by atoms with E-state index in [-0.39, 0.29) is 17.8 Å². The van der Waals surface area contributed by atoms with Crippen molar-refractivity contribution in [2.24, 2.45) is 11.7 Å². The van der Waals surface area contributed by atoms with E-state index in [1.165, 1.54) is 0 Å². The predicted octanol–water partition coefficient (Wildman–Crippen LogP) is 3.60. The Morgan fingerprint density at radius 1 is 1.22 bits per heavy atom. The summed E-state index contributed by atoms with van der Waals surface area (Å²) in [6.07, 6.45) is 7.49. The van der Waals surface area contributed by atoms with Crippen molar-refractivity contribution in [3.8, 4) is 11.6 Å². The second-order valence-electron chi connectivity index (χ2n) is 11.4. The highest BCUT2D eigenvalue weighted by Gasteiger charge is 2.33. The van der Waals surface area contributed by atoms with Crippen LogP contribution in [0.25, 0.3) is 10.9 Å². The third-order valence-electron chi connectivity index (χ3n) is 8.33. The Hall–Kier alpha value is -3.18. The molecule has 1 aromatic carbocycles. The van der Waals surface area contributed by atoms with Crippen molar-refractivity contribution in [1.29, 1.82) is 0 Å². The average Bonchev–Trinajstić information content (AvgIpc) is 3.42. The van der Waals surface area contributed by atoms with Crippen LogP contribution in [0.1, 0.15) is 61.5 Å². The summed E-state index contributed by atoms with van der Waals surface area (Å²) in [5, 5.41) is 30.0. The number of rotatable bonds is 9. The molecule has 5 rings (SSSR count). The highest BCUT2D eigenvalue weighted by atomic mass is 16.5. The zero-order valence-corrected chi connectivity index (χ0v) is 24.1. The van der Waals surface area contributed by atoms with Crippen molar-refractivity contribution >= 4 is 16.9 Å². The summed E-state index contributed by atoms with van der Waals surface area (Å²) in [4.78, 5) is 20.4. The molecule has 0 bridgehead atoms. The number of nitrogens with one attached hydrogen (secondary N) is 1. The van der Waals surface area contributed by atoms with Gasteiger partial charge in [-0.1, -0.05) is 19.1 Å². The molecule has 0 unspecified atom stereocenters. The summed E-state index contributed by atoms with van der Waals surface area (Å²) in [5.74, 6) is 0.596. The molecule has 2 atom stereocenters. The smallest absolute Gasteiger partial charge is 0.352 e. The van der Waals surface area contributed by atoms with Gasteiger partial charge >= 0.3 is 5.97 Å². The van der Waals surface area contributed by atoms with Gasteiger partial charge in [0, 0.05) is 54.8 Å². The number of likely N-dealkylation sites (tertiary alicyclic amines) is 1. The second-order valence-corrected chi connectivity index (χ2v) is 11.4. The van der Waals surface area contributed by atoms with Crippen LogP contribution in [0.3, 0.4) is 0 Å². The molecule has 224 valence electrons.